The van der Waals surface area contributed by atoms with Crippen LogP contribution in [-0.4, -0.2) is 11.5 Å². The summed E-state index contributed by atoms with van der Waals surface area (Å²) in [5.74, 6) is 0. The van der Waals surface area contributed by atoms with E-state index in [1.807, 2.05) is 0 Å². The summed E-state index contributed by atoms with van der Waals surface area (Å²) in [6.45, 7) is 0.313. The molecule has 7 heteroatoms. The molecule has 0 spiro atoms. The van der Waals surface area contributed by atoms with Crippen molar-refractivity contribution in [1.29, 1.82) is 0 Å². The Kier molecular flexibility index (Phi) is 4.54. The summed E-state index contributed by atoms with van der Waals surface area (Å²) in [4.78, 5) is 6.22. The number of nitrogens with zero attached hydrogens (tertiary/aromatic N) is 4. The molecule has 1 rings (SSSR count). The van der Waals surface area contributed by atoms with Crippen LogP contribution >= 0.6 is 0 Å². The highest BCUT2D eigenvalue weighted by Gasteiger charge is 2.30. The van der Waals surface area contributed by atoms with Crippen LogP contribution in [0.2, 0.25) is 0 Å². The van der Waals surface area contributed by atoms with Gasteiger partial charge >= 0.3 is 6.18 Å². The SMILES string of the molecule is [N-]=[N+]=NCCC=Cc1ccc(C(F)(F)F)cn1. The lowest BCUT2D eigenvalue weighted by molar-refractivity contribution is -0.137. The zero-order valence-corrected chi connectivity index (χ0v) is 8.72. The van der Waals surface area contributed by atoms with Gasteiger partial charge in [0.1, 0.15) is 0 Å². The summed E-state index contributed by atoms with van der Waals surface area (Å²) < 4.78 is 36.6. The summed E-state index contributed by atoms with van der Waals surface area (Å²) >= 11 is 0. The molecule has 0 saturated heterocycles. The van der Waals surface area contributed by atoms with Crippen molar-refractivity contribution in [3.05, 3.63) is 46.1 Å². The Labute approximate surface area is 95.4 Å². The minimum atomic E-state index is -4.36. The third kappa shape index (κ3) is 4.56. The summed E-state index contributed by atoms with van der Waals surface area (Å²) in [5, 5.41) is 3.31. The van der Waals surface area contributed by atoms with Crippen LogP contribution in [-0.2, 0) is 6.18 Å². The molecule has 0 aliphatic rings. The quantitative estimate of drug-likeness (QED) is 0.342. The Morgan fingerprint density at radius 3 is 2.71 bits per heavy atom. The molecule has 1 aromatic heterocycles. The third-order valence-electron chi connectivity index (χ3n) is 1.86. The molecular formula is C10H9F3N4. The van der Waals surface area contributed by atoms with Crippen molar-refractivity contribution in [2.75, 3.05) is 6.54 Å². The van der Waals surface area contributed by atoms with Crippen molar-refractivity contribution in [2.45, 2.75) is 12.6 Å². The predicted octanol–water partition coefficient (Wildman–Crippen LogP) is 3.81. The van der Waals surface area contributed by atoms with Gasteiger partial charge in [-0.1, -0.05) is 11.2 Å². The number of azide groups is 1. The van der Waals surface area contributed by atoms with Gasteiger partial charge in [-0.15, -0.1) is 0 Å². The van der Waals surface area contributed by atoms with Gasteiger partial charge in [-0.2, -0.15) is 13.2 Å². The van der Waals surface area contributed by atoms with Crippen LogP contribution in [0.15, 0.2) is 29.5 Å². The number of hydrogen-bond acceptors (Lipinski definition) is 2. The number of rotatable bonds is 4. The molecule has 0 radical (unpaired) electrons. The van der Waals surface area contributed by atoms with E-state index in [0.29, 0.717) is 18.7 Å². The third-order valence-corrected chi connectivity index (χ3v) is 1.86. The second-order valence-corrected chi connectivity index (χ2v) is 3.12. The standard InChI is InChI=1S/C10H9F3N4/c11-10(12,13)8-4-5-9(15-7-8)3-1-2-6-16-17-14/h1,3-5,7H,2,6H2. The van der Waals surface area contributed by atoms with Crippen molar-refractivity contribution in [2.24, 2.45) is 5.11 Å². The highest BCUT2D eigenvalue weighted by molar-refractivity contribution is 5.44. The zero-order chi connectivity index (χ0) is 12.7. The highest BCUT2D eigenvalue weighted by Crippen LogP contribution is 2.28. The van der Waals surface area contributed by atoms with Crippen molar-refractivity contribution in [3.63, 3.8) is 0 Å². The first-order chi connectivity index (χ1) is 8.04. The first kappa shape index (κ1) is 13.1. The molecule has 4 nitrogen and oxygen atoms in total. The average molecular weight is 242 g/mol. The van der Waals surface area contributed by atoms with Gasteiger partial charge in [0.15, 0.2) is 0 Å². The molecule has 0 amide bonds. The first-order valence-electron chi connectivity index (χ1n) is 4.74. The van der Waals surface area contributed by atoms with Gasteiger partial charge in [-0.05, 0) is 30.2 Å². The van der Waals surface area contributed by atoms with Gasteiger partial charge in [0, 0.05) is 17.7 Å². The molecule has 1 aromatic rings. The van der Waals surface area contributed by atoms with Gasteiger partial charge in [-0.3, -0.25) is 4.98 Å². The summed E-state index contributed by atoms with van der Waals surface area (Å²) in [6, 6.07) is 2.26. The van der Waals surface area contributed by atoms with Crippen molar-refractivity contribution in [3.8, 4) is 0 Å². The highest BCUT2D eigenvalue weighted by atomic mass is 19.4. The van der Waals surface area contributed by atoms with Gasteiger partial charge in [0.05, 0.1) is 11.3 Å². The second-order valence-electron chi connectivity index (χ2n) is 3.12. The normalized spacial score (nSPS) is 11.5. The molecule has 0 saturated carbocycles. The largest absolute Gasteiger partial charge is 0.417 e. The van der Waals surface area contributed by atoms with Crippen LogP contribution in [0.25, 0.3) is 16.5 Å². The lowest BCUT2D eigenvalue weighted by Gasteiger charge is -2.05. The molecule has 90 valence electrons. The van der Waals surface area contributed by atoms with E-state index in [-0.39, 0.29) is 0 Å². The van der Waals surface area contributed by atoms with E-state index in [0.717, 1.165) is 12.3 Å². The number of hydrogen-bond donors (Lipinski definition) is 0. The van der Waals surface area contributed by atoms with E-state index in [1.165, 1.54) is 6.07 Å². The Morgan fingerprint density at radius 2 is 2.18 bits per heavy atom. The van der Waals surface area contributed by atoms with E-state index in [4.69, 9.17) is 5.53 Å². The Hall–Kier alpha value is -2.01. The molecule has 0 aliphatic heterocycles. The van der Waals surface area contributed by atoms with Crippen molar-refractivity contribution < 1.29 is 13.2 Å². The van der Waals surface area contributed by atoms with E-state index >= 15 is 0 Å². The molecular weight excluding hydrogens is 233 g/mol. The summed E-state index contributed by atoms with van der Waals surface area (Å²) in [6.07, 6.45) is 0.202. The molecule has 1 heterocycles. The van der Waals surface area contributed by atoms with Gasteiger partial charge < -0.3 is 0 Å². The van der Waals surface area contributed by atoms with E-state index in [2.05, 4.69) is 15.0 Å². The van der Waals surface area contributed by atoms with Crippen LogP contribution in [0.1, 0.15) is 17.7 Å². The fourth-order valence-electron chi connectivity index (χ4n) is 1.05. The van der Waals surface area contributed by atoms with Crippen molar-refractivity contribution >= 4 is 6.08 Å². The minimum absolute atomic E-state index is 0.313. The molecule has 0 unspecified atom stereocenters. The molecule has 17 heavy (non-hydrogen) atoms. The Bertz CT molecular complexity index is 430. The summed E-state index contributed by atoms with van der Waals surface area (Å²) in [7, 11) is 0. The molecule has 0 aliphatic carbocycles. The molecule has 0 atom stereocenters. The van der Waals surface area contributed by atoms with Crippen LogP contribution in [0, 0.1) is 0 Å². The zero-order valence-electron chi connectivity index (χ0n) is 8.72. The number of aromatic nitrogens is 1. The van der Waals surface area contributed by atoms with Crippen molar-refractivity contribution in [1.82, 2.24) is 4.98 Å². The maximum absolute atomic E-state index is 12.2. The van der Waals surface area contributed by atoms with Crippen LogP contribution in [0.5, 0.6) is 0 Å². The van der Waals surface area contributed by atoms with E-state index in [1.54, 1.807) is 12.2 Å². The molecule has 0 fully saturated rings. The topological polar surface area (TPSA) is 61.7 Å². The molecule has 0 N–H and O–H groups in total. The number of pyridine rings is 1. The minimum Gasteiger partial charge on any atom is -0.256 e. The molecule has 0 aromatic carbocycles. The van der Waals surface area contributed by atoms with E-state index in [9.17, 15) is 13.2 Å². The smallest absolute Gasteiger partial charge is 0.256 e. The molecule has 0 bridgehead atoms. The van der Waals surface area contributed by atoms with Gasteiger partial charge in [-0.25, -0.2) is 0 Å². The van der Waals surface area contributed by atoms with E-state index < -0.39 is 11.7 Å². The second kappa shape index (κ2) is 5.91. The predicted molar refractivity (Wildman–Crippen MR) is 56.9 cm³/mol. The monoisotopic (exact) mass is 242 g/mol. The first-order valence-corrected chi connectivity index (χ1v) is 4.74. The lowest BCUT2D eigenvalue weighted by Crippen LogP contribution is -2.05. The van der Waals surface area contributed by atoms with Gasteiger partial charge in [0.25, 0.3) is 0 Å². The van der Waals surface area contributed by atoms with Crippen LogP contribution in [0.4, 0.5) is 13.2 Å². The lowest BCUT2D eigenvalue weighted by atomic mass is 10.2. The maximum atomic E-state index is 12.2. The average Bonchev–Trinajstić information content (AvgIpc) is 2.28. The van der Waals surface area contributed by atoms with Crippen LogP contribution < -0.4 is 0 Å². The van der Waals surface area contributed by atoms with Gasteiger partial charge in [0.2, 0.25) is 0 Å². The fraction of sp³-hybridized carbons (Fsp3) is 0.300. The summed E-state index contributed by atoms with van der Waals surface area (Å²) in [5.41, 5.74) is 7.66. The Morgan fingerprint density at radius 1 is 1.41 bits per heavy atom. The number of halogens is 3. The number of alkyl halides is 3. The fourth-order valence-corrected chi connectivity index (χ4v) is 1.05. The maximum Gasteiger partial charge on any atom is 0.417 e. The Balaban J connectivity index is 2.59. The van der Waals surface area contributed by atoms with Crippen LogP contribution in [0.3, 0.4) is 0 Å².